The maximum atomic E-state index is 11.2. The molecule has 0 aromatic carbocycles. The standard InChI is InChI=1S/C12H20N2O/c1-7(15)14-12(13)10-3-8-2-9(5-10)6-11(12)4-8/h8-11H,2-6,13H2,1H3,(H,14,15). The summed E-state index contributed by atoms with van der Waals surface area (Å²) in [5.74, 6) is 2.91. The molecule has 3 heteroatoms. The predicted molar refractivity (Wildman–Crippen MR) is 57.8 cm³/mol. The Balaban J connectivity index is 1.87. The van der Waals surface area contributed by atoms with Gasteiger partial charge in [-0.3, -0.25) is 4.79 Å². The van der Waals surface area contributed by atoms with Crippen molar-refractivity contribution in [2.45, 2.75) is 44.7 Å². The van der Waals surface area contributed by atoms with Crippen LogP contribution >= 0.6 is 0 Å². The Labute approximate surface area is 90.8 Å². The van der Waals surface area contributed by atoms with Gasteiger partial charge in [0.1, 0.15) is 0 Å². The molecule has 0 spiro atoms. The van der Waals surface area contributed by atoms with E-state index in [1.807, 2.05) is 0 Å². The number of hydrogen-bond donors (Lipinski definition) is 2. The van der Waals surface area contributed by atoms with E-state index in [1.165, 1.54) is 32.1 Å². The van der Waals surface area contributed by atoms with E-state index in [-0.39, 0.29) is 11.6 Å². The average Bonchev–Trinajstić information content (AvgIpc) is 2.12. The summed E-state index contributed by atoms with van der Waals surface area (Å²) < 4.78 is 0. The van der Waals surface area contributed by atoms with Crippen molar-refractivity contribution in [1.82, 2.24) is 5.32 Å². The molecule has 4 bridgehead atoms. The smallest absolute Gasteiger partial charge is 0.218 e. The van der Waals surface area contributed by atoms with Gasteiger partial charge in [-0.1, -0.05) is 0 Å². The van der Waals surface area contributed by atoms with Gasteiger partial charge in [-0.25, -0.2) is 0 Å². The van der Waals surface area contributed by atoms with E-state index in [1.54, 1.807) is 6.92 Å². The summed E-state index contributed by atoms with van der Waals surface area (Å²) in [6.07, 6.45) is 6.38. The Morgan fingerprint density at radius 1 is 1.13 bits per heavy atom. The van der Waals surface area contributed by atoms with E-state index < -0.39 is 0 Å². The first-order valence-corrected chi connectivity index (χ1v) is 6.15. The molecule has 3 N–H and O–H groups in total. The molecule has 4 fully saturated rings. The number of carbonyl (C=O) groups is 1. The highest BCUT2D eigenvalue weighted by molar-refractivity contribution is 5.73. The minimum atomic E-state index is -0.376. The third-order valence-electron chi connectivity index (χ3n) is 4.88. The molecule has 0 atom stereocenters. The van der Waals surface area contributed by atoms with Crippen LogP contribution in [0.5, 0.6) is 0 Å². The van der Waals surface area contributed by atoms with E-state index >= 15 is 0 Å². The molecule has 4 saturated carbocycles. The largest absolute Gasteiger partial charge is 0.338 e. The van der Waals surface area contributed by atoms with Crippen LogP contribution in [0, 0.1) is 23.7 Å². The van der Waals surface area contributed by atoms with Crippen molar-refractivity contribution in [3.63, 3.8) is 0 Å². The zero-order valence-corrected chi connectivity index (χ0v) is 9.33. The second kappa shape index (κ2) is 2.97. The molecule has 0 aliphatic heterocycles. The lowest BCUT2D eigenvalue weighted by Crippen LogP contribution is -2.71. The molecule has 84 valence electrons. The molecule has 3 nitrogen and oxygen atoms in total. The van der Waals surface area contributed by atoms with Crippen molar-refractivity contribution in [1.29, 1.82) is 0 Å². The quantitative estimate of drug-likeness (QED) is 0.637. The van der Waals surface area contributed by atoms with Crippen molar-refractivity contribution in [2.24, 2.45) is 29.4 Å². The molecular weight excluding hydrogens is 188 g/mol. The second-order valence-electron chi connectivity index (χ2n) is 5.92. The van der Waals surface area contributed by atoms with Gasteiger partial charge >= 0.3 is 0 Å². The van der Waals surface area contributed by atoms with Gasteiger partial charge in [0.25, 0.3) is 0 Å². The van der Waals surface area contributed by atoms with Crippen LogP contribution in [0.2, 0.25) is 0 Å². The topological polar surface area (TPSA) is 55.1 Å². The summed E-state index contributed by atoms with van der Waals surface area (Å²) in [6, 6.07) is 0. The van der Waals surface area contributed by atoms with Crippen molar-refractivity contribution in [3.8, 4) is 0 Å². The van der Waals surface area contributed by atoms with Gasteiger partial charge in [0, 0.05) is 6.92 Å². The SMILES string of the molecule is CC(=O)NC1(N)C2CC3CC(C2)CC1C3. The molecular formula is C12H20N2O. The Hall–Kier alpha value is -0.570. The van der Waals surface area contributed by atoms with E-state index in [0.717, 1.165) is 11.8 Å². The Bertz CT molecular complexity index is 272. The Morgan fingerprint density at radius 3 is 2.00 bits per heavy atom. The maximum Gasteiger partial charge on any atom is 0.218 e. The van der Waals surface area contributed by atoms with E-state index in [4.69, 9.17) is 5.73 Å². The van der Waals surface area contributed by atoms with Gasteiger partial charge in [0.15, 0.2) is 0 Å². The lowest BCUT2D eigenvalue weighted by molar-refractivity contribution is -0.129. The Kier molecular flexibility index (Phi) is 1.91. The summed E-state index contributed by atoms with van der Waals surface area (Å²) >= 11 is 0. The Morgan fingerprint density at radius 2 is 1.60 bits per heavy atom. The highest BCUT2D eigenvalue weighted by Crippen LogP contribution is 2.56. The first kappa shape index (κ1) is 9.64. The third kappa shape index (κ3) is 1.32. The highest BCUT2D eigenvalue weighted by Gasteiger charge is 2.55. The first-order chi connectivity index (χ1) is 7.08. The van der Waals surface area contributed by atoms with Crippen LogP contribution in [-0.4, -0.2) is 11.6 Å². The number of nitrogens with two attached hydrogens (primary N) is 1. The fourth-order valence-corrected chi connectivity index (χ4v) is 4.47. The fourth-order valence-electron chi connectivity index (χ4n) is 4.47. The number of nitrogens with one attached hydrogen (secondary N) is 1. The van der Waals surface area contributed by atoms with Crippen LogP contribution in [0.4, 0.5) is 0 Å². The predicted octanol–water partition coefficient (Wildman–Crippen LogP) is 1.23. The van der Waals surface area contributed by atoms with Crippen LogP contribution in [0.25, 0.3) is 0 Å². The molecule has 1 amide bonds. The zero-order chi connectivity index (χ0) is 10.6. The number of amides is 1. The number of carbonyl (C=O) groups excluding carboxylic acids is 1. The van der Waals surface area contributed by atoms with E-state index in [2.05, 4.69) is 5.32 Å². The molecule has 0 unspecified atom stereocenters. The van der Waals surface area contributed by atoms with Gasteiger partial charge < -0.3 is 11.1 Å². The van der Waals surface area contributed by atoms with Crippen molar-refractivity contribution in [3.05, 3.63) is 0 Å². The van der Waals surface area contributed by atoms with Crippen LogP contribution in [-0.2, 0) is 4.79 Å². The van der Waals surface area contributed by atoms with Gasteiger partial charge in [-0.15, -0.1) is 0 Å². The van der Waals surface area contributed by atoms with Gasteiger partial charge in [0.2, 0.25) is 5.91 Å². The summed E-state index contributed by atoms with van der Waals surface area (Å²) in [6.45, 7) is 1.58. The van der Waals surface area contributed by atoms with Crippen LogP contribution < -0.4 is 11.1 Å². The summed E-state index contributed by atoms with van der Waals surface area (Å²) in [5, 5.41) is 3.04. The van der Waals surface area contributed by atoms with Crippen molar-refractivity contribution >= 4 is 5.91 Å². The summed E-state index contributed by atoms with van der Waals surface area (Å²) in [7, 11) is 0. The zero-order valence-electron chi connectivity index (χ0n) is 9.33. The molecule has 0 heterocycles. The molecule has 0 radical (unpaired) electrons. The van der Waals surface area contributed by atoms with Gasteiger partial charge in [0.05, 0.1) is 5.66 Å². The monoisotopic (exact) mass is 208 g/mol. The number of hydrogen-bond acceptors (Lipinski definition) is 2. The van der Waals surface area contributed by atoms with Crippen LogP contribution in [0.3, 0.4) is 0 Å². The molecule has 4 rings (SSSR count). The van der Waals surface area contributed by atoms with Crippen molar-refractivity contribution in [2.75, 3.05) is 0 Å². The van der Waals surface area contributed by atoms with Crippen LogP contribution in [0.15, 0.2) is 0 Å². The van der Waals surface area contributed by atoms with E-state index in [9.17, 15) is 4.79 Å². The first-order valence-electron chi connectivity index (χ1n) is 6.15. The molecule has 0 aromatic rings. The second-order valence-corrected chi connectivity index (χ2v) is 5.92. The summed E-state index contributed by atoms with van der Waals surface area (Å²) in [5.41, 5.74) is 6.08. The molecule has 15 heavy (non-hydrogen) atoms. The van der Waals surface area contributed by atoms with Crippen LogP contribution in [0.1, 0.15) is 39.0 Å². The van der Waals surface area contributed by atoms with Crippen molar-refractivity contribution < 1.29 is 4.79 Å². The summed E-state index contributed by atoms with van der Waals surface area (Å²) in [4.78, 5) is 11.2. The molecule has 4 aliphatic rings. The molecule has 4 aliphatic carbocycles. The number of rotatable bonds is 1. The molecule has 0 saturated heterocycles. The maximum absolute atomic E-state index is 11.2. The minimum Gasteiger partial charge on any atom is -0.338 e. The highest BCUT2D eigenvalue weighted by atomic mass is 16.1. The van der Waals surface area contributed by atoms with Gasteiger partial charge in [-0.05, 0) is 55.8 Å². The minimum absolute atomic E-state index is 0.0324. The van der Waals surface area contributed by atoms with E-state index in [0.29, 0.717) is 11.8 Å². The lowest BCUT2D eigenvalue weighted by atomic mass is 9.51. The third-order valence-corrected chi connectivity index (χ3v) is 4.88. The fraction of sp³-hybridized carbons (Fsp3) is 0.917. The lowest BCUT2D eigenvalue weighted by Gasteiger charge is -2.59. The molecule has 0 aromatic heterocycles. The van der Waals surface area contributed by atoms with Gasteiger partial charge in [-0.2, -0.15) is 0 Å². The normalized spacial score (nSPS) is 51.9. The average molecular weight is 208 g/mol.